The summed E-state index contributed by atoms with van der Waals surface area (Å²) in [5, 5.41) is 13.2. The van der Waals surface area contributed by atoms with Crippen molar-refractivity contribution >= 4 is 11.9 Å². The second-order valence-corrected chi connectivity index (χ2v) is 7.29. The molecule has 1 aromatic carbocycles. The fraction of sp³-hybridized carbons (Fsp3) is 0.476. The Balaban J connectivity index is 1.43. The van der Waals surface area contributed by atoms with Crippen LogP contribution in [0, 0.1) is 11.8 Å². The van der Waals surface area contributed by atoms with Gasteiger partial charge in [0.2, 0.25) is 5.91 Å². The van der Waals surface area contributed by atoms with E-state index in [-0.39, 0.29) is 17.7 Å². The van der Waals surface area contributed by atoms with Crippen molar-refractivity contribution in [1.29, 1.82) is 0 Å². The predicted octanol–water partition coefficient (Wildman–Crippen LogP) is 3.62. The van der Waals surface area contributed by atoms with Gasteiger partial charge in [-0.2, -0.15) is 0 Å². The third-order valence-corrected chi connectivity index (χ3v) is 5.35. The number of carboxylic acids is 1. The van der Waals surface area contributed by atoms with E-state index >= 15 is 0 Å². The van der Waals surface area contributed by atoms with Gasteiger partial charge in [0.15, 0.2) is 0 Å². The van der Waals surface area contributed by atoms with E-state index in [1.165, 1.54) is 0 Å². The van der Waals surface area contributed by atoms with E-state index in [0.29, 0.717) is 32.2 Å². The lowest BCUT2D eigenvalue weighted by Gasteiger charge is -2.28. The summed E-state index contributed by atoms with van der Waals surface area (Å²) in [6.45, 7) is 0.652. The minimum Gasteiger partial charge on any atom is -0.481 e. The molecule has 1 fully saturated rings. The normalized spacial score (nSPS) is 19.6. The standard InChI is InChI=1S/C21H26N2O4/c1-23(20(24)16-9-11-17(12-10-16)21(25)26)13-5-8-18-14-19(22-27-18)15-6-3-2-4-7-15/h2-4,6-7,14,16-17H,5,8-13H2,1H3,(H,25,26). The largest absolute Gasteiger partial charge is 0.481 e. The van der Waals surface area contributed by atoms with Crippen LogP contribution in [0.1, 0.15) is 37.9 Å². The Morgan fingerprint density at radius 2 is 1.81 bits per heavy atom. The fourth-order valence-electron chi connectivity index (χ4n) is 3.68. The summed E-state index contributed by atoms with van der Waals surface area (Å²) >= 11 is 0. The van der Waals surface area contributed by atoms with Gasteiger partial charge in [0.25, 0.3) is 0 Å². The number of carboxylic acid groups (broad SMARTS) is 1. The lowest BCUT2D eigenvalue weighted by Crippen LogP contribution is -2.36. The number of carbonyl (C=O) groups excluding carboxylic acids is 1. The Labute approximate surface area is 159 Å². The molecule has 144 valence electrons. The highest BCUT2D eigenvalue weighted by molar-refractivity contribution is 5.79. The smallest absolute Gasteiger partial charge is 0.306 e. The molecule has 0 radical (unpaired) electrons. The van der Waals surface area contributed by atoms with Crippen molar-refractivity contribution < 1.29 is 19.2 Å². The SMILES string of the molecule is CN(CCCc1cc(-c2ccccc2)no1)C(=O)C1CCC(C(=O)O)CC1. The summed E-state index contributed by atoms with van der Waals surface area (Å²) < 4.78 is 5.40. The third kappa shape index (κ3) is 4.96. The first-order valence-corrected chi connectivity index (χ1v) is 9.53. The van der Waals surface area contributed by atoms with E-state index in [0.717, 1.165) is 29.9 Å². The maximum Gasteiger partial charge on any atom is 0.306 e. The summed E-state index contributed by atoms with van der Waals surface area (Å²) in [7, 11) is 1.82. The molecule has 0 spiro atoms. The highest BCUT2D eigenvalue weighted by Gasteiger charge is 2.31. The van der Waals surface area contributed by atoms with Crippen LogP contribution < -0.4 is 0 Å². The molecule has 27 heavy (non-hydrogen) atoms. The van der Waals surface area contributed by atoms with Crippen LogP contribution in [0.4, 0.5) is 0 Å². The van der Waals surface area contributed by atoms with E-state index in [1.54, 1.807) is 4.90 Å². The van der Waals surface area contributed by atoms with Crippen molar-refractivity contribution in [3.8, 4) is 11.3 Å². The molecule has 1 N–H and O–H groups in total. The molecule has 3 rings (SSSR count). The van der Waals surface area contributed by atoms with E-state index < -0.39 is 5.97 Å². The Morgan fingerprint density at radius 3 is 2.48 bits per heavy atom. The molecular weight excluding hydrogens is 344 g/mol. The number of hydrogen-bond donors (Lipinski definition) is 1. The number of carbonyl (C=O) groups is 2. The van der Waals surface area contributed by atoms with Crippen molar-refractivity contribution in [2.75, 3.05) is 13.6 Å². The van der Waals surface area contributed by atoms with Crippen LogP contribution in [0.15, 0.2) is 40.9 Å². The number of amides is 1. The van der Waals surface area contributed by atoms with Gasteiger partial charge in [-0.15, -0.1) is 0 Å². The average molecular weight is 370 g/mol. The minimum atomic E-state index is -0.740. The zero-order chi connectivity index (χ0) is 19.2. The molecule has 0 aliphatic heterocycles. The molecule has 0 unspecified atom stereocenters. The maximum absolute atomic E-state index is 12.5. The number of rotatable bonds is 7. The van der Waals surface area contributed by atoms with Gasteiger partial charge in [0.1, 0.15) is 11.5 Å². The van der Waals surface area contributed by atoms with Crippen LogP contribution in [0.2, 0.25) is 0 Å². The number of nitrogens with zero attached hydrogens (tertiary/aromatic N) is 2. The van der Waals surface area contributed by atoms with E-state index in [2.05, 4.69) is 5.16 Å². The fourth-order valence-corrected chi connectivity index (χ4v) is 3.68. The molecular formula is C21H26N2O4. The lowest BCUT2D eigenvalue weighted by atomic mass is 9.81. The molecule has 6 nitrogen and oxygen atoms in total. The number of hydrogen-bond acceptors (Lipinski definition) is 4. The highest BCUT2D eigenvalue weighted by Crippen LogP contribution is 2.30. The molecule has 1 aliphatic rings. The Morgan fingerprint density at radius 1 is 1.15 bits per heavy atom. The Hall–Kier alpha value is -2.63. The maximum atomic E-state index is 12.5. The Kier molecular flexibility index (Phi) is 6.27. The van der Waals surface area contributed by atoms with Crippen molar-refractivity contribution in [1.82, 2.24) is 10.1 Å². The van der Waals surface area contributed by atoms with Crippen LogP contribution in [-0.4, -0.2) is 40.6 Å². The molecule has 2 aromatic rings. The van der Waals surface area contributed by atoms with Crippen molar-refractivity contribution in [3.05, 3.63) is 42.2 Å². The van der Waals surface area contributed by atoms with Gasteiger partial charge in [-0.25, -0.2) is 0 Å². The van der Waals surface area contributed by atoms with Gasteiger partial charge in [-0.3, -0.25) is 9.59 Å². The zero-order valence-corrected chi connectivity index (χ0v) is 15.6. The number of aryl methyl sites for hydroxylation is 1. The molecule has 6 heteroatoms. The summed E-state index contributed by atoms with van der Waals surface area (Å²) in [4.78, 5) is 25.3. The predicted molar refractivity (Wildman–Crippen MR) is 101 cm³/mol. The van der Waals surface area contributed by atoms with Crippen molar-refractivity contribution in [2.24, 2.45) is 11.8 Å². The van der Waals surface area contributed by atoms with Gasteiger partial charge in [0, 0.05) is 37.6 Å². The topological polar surface area (TPSA) is 83.6 Å². The van der Waals surface area contributed by atoms with Crippen LogP contribution in [0.25, 0.3) is 11.3 Å². The molecule has 0 bridgehead atoms. The van der Waals surface area contributed by atoms with Crippen LogP contribution in [-0.2, 0) is 16.0 Å². The lowest BCUT2D eigenvalue weighted by molar-refractivity contribution is -0.145. The summed E-state index contributed by atoms with van der Waals surface area (Å²) in [6.07, 6.45) is 4.06. The number of aromatic nitrogens is 1. The van der Waals surface area contributed by atoms with Crippen LogP contribution in [0.3, 0.4) is 0 Å². The average Bonchev–Trinajstić information content (AvgIpc) is 3.17. The van der Waals surface area contributed by atoms with E-state index in [4.69, 9.17) is 9.63 Å². The highest BCUT2D eigenvalue weighted by atomic mass is 16.5. The van der Waals surface area contributed by atoms with E-state index in [1.807, 2.05) is 43.4 Å². The molecule has 0 saturated heterocycles. The van der Waals surface area contributed by atoms with Gasteiger partial charge in [0.05, 0.1) is 5.92 Å². The quantitative estimate of drug-likeness (QED) is 0.805. The second-order valence-electron chi connectivity index (χ2n) is 7.29. The first-order valence-electron chi connectivity index (χ1n) is 9.53. The number of benzene rings is 1. The second kappa shape index (κ2) is 8.84. The molecule has 0 atom stereocenters. The van der Waals surface area contributed by atoms with Crippen LogP contribution in [0.5, 0.6) is 0 Å². The molecule has 1 amide bonds. The van der Waals surface area contributed by atoms with Gasteiger partial charge in [-0.1, -0.05) is 35.5 Å². The summed E-state index contributed by atoms with van der Waals surface area (Å²) in [6, 6.07) is 11.8. The van der Waals surface area contributed by atoms with Gasteiger partial charge >= 0.3 is 5.97 Å². The van der Waals surface area contributed by atoms with E-state index in [9.17, 15) is 9.59 Å². The minimum absolute atomic E-state index is 0.0411. The summed E-state index contributed by atoms with van der Waals surface area (Å²) in [5.41, 5.74) is 1.85. The van der Waals surface area contributed by atoms with Gasteiger partial charge in [-0.05, 0) is 32.1 Å². The van der Waals surface area contributed by atoms with Gasteiger partial charge < -0.3 is 14.5 Å². The molecule has 1 heterocycles. The Bertz CT molecular complexity index is 763. The zero-order valence-electron chi connectivity index (χ0n) is 15.6. The first-order chi connectivity index (χ1) is 13.0. The third-order valence-electron chi connectivity index (χ3n) is 5.35. The van der Waals surface area contributed by atoms with Crippen molar-refractivity contribution in [2.45, 2.75) is 38.5 Å². The van der Waals surface area contributed by atoms with Crippen molar-refractivity contribution in [3.63, 3.8) is 0 Å². The summed E-state index contributed by atoms with van der Waals surface area (Å²) in [5.74, 6) is -0.126. The van der Waals surface area contributed by atoms with Crippen LogP contribution >= 0.6 is 0 Å². The molecule has 1 aromatic heterocycles. The monoisotopic (exact) mass is 370 g/mol. The number of aliphatic carboxylic acids is 1. The first kappa shape index (κ1) is 19.1. The molecule has 1 saturated carbocycles. The molecule has 1 aliphatic carbocycles.